The minimum Gasteiger partial charge on any atom is -0.336 e. The number of nitro groups is 1. The molecule has 0 aliphatic heterocycles. The van der Waals surface area contributed by atoms with Crippen molar-refractivity contribution < 1.29 is 4.92 Å². The zero-order valence-electron chi connectivity index (χ0n) is 12.9. The number of hydrogen-bond donors (Lipinski definition) is 2. The summed E-state index contributed by atoms with van der Waals surface area (Å²) in [7, 11) is 0. The normalized spacial score (nSPS) is 11.0. The molecule has 3 aromatic rings. The van der Waals surface area contributed by atoms with Crippen molar-refractivity contribution in [1.82, 2.24) is 19.5 Å². The van der Waals surface area contributed by atoms with E-state index in [2.05, 4.69) is 15.0 Å². The van der Waals surface area contributed by atoms with E-state index >= 15 is 0 Å². The van der Waals surface area contributed by atoms with Gasteiger partial charge in [-0.15, -0.1) is 0 Å². The number of rotatable bonds is 5. The average Bonchev–Trinajstić information content (AvgIpc) is 2.97. The number of nitrogens with zero attached hydrogens (tertiary/aromatic N) is 3. The number of hydrogen-bond acceptors (Lipinski definition) is 5. The molecule has 2 N–H and O–H groups in total. The van der Waals surface area contributed by atoms with Gasteiger partial charge in [0.05, 0.1) is 10.6 Å². The molecule has 0 aliphatic carbocycles. The lowest BCUT2D eigenvalue weighted by atomic mass is 10.2. The first-order chi connectivity index (χ1) is 11.5. The fraction of sp³-hybridized carbons (Fsp3) is 0.267. The highest BCUT2D eigenvalue weighted by Crippen LogP contribution is 2.18. The summed E-state index contributed by atoms with van der Waals surface area (Å²) in [6, 6.07) is 5.61. The van der Waals surface area contributed by atoms with Crippen LogP contribution < -0.4 is 11.2 Å². The molecule has 0 bridgehead atoms. The Morgan fingerprint density at radius 1 is 1.29 bits per heavy atom. The number of nitro benzene ring substituents is 1. The van der Waals surface area contributed by atoms with Crippen molar-refractivity contribution in [3.05, 3.63) is 61.0 Å². The number of fused-ring (bicyclic) bond motifs is 1. The van der Waals surface area contributed by atoms with Crippen LogP contribution in [0.15, 0.2) is 33.9 Å². The van der Waals surface area contributed by atoms with Crippen molar-refractivity contribution in [2.75, 3.05) is 0 Å². The zero-order valence-corrected chi connectivity index (χ0v) is 12.9. The first kappa shape index (κ1) is 15.7. The molecule has 9 nitrogen and oxygen atoms in total. The van der Waals surface area contributed by atoms with E-state index in [1.54, 1.807) is 6.07 Å². The number of imidazole rings is 1. The maximum atomic E-state index is 12.2. The molecule has 0 amide bonds. The van der Waals surface area contributed by atoms with Gasteiger partial charge in [0.25, 0.3) is 11.2 Å². The van der Waals surface area contributed by atoms with Gasteiger partial charge in [-0.1, -0.05) is 19.4 Å². The Morgan fingerprint density at radius 2 is 2.08 bits per heavy atom. The molecule has 3 rings (SSSR count). The quantitative estimate of drug-likeness (QED) is 0.543. The van der Waals surface area contributed by atoms with E-state index in [1.807, 2.05) is 6.92 Å². The predicted molar refractivity (Wildman–Crippen MR) is 87.6 cm³/mol. The van der Waals surface area contributed by atoms with Crippen molar-refractivity contribution in [2.45, 2.75) is 26.2 Å². The molecule has 2 aromatic heterocycles. The summed E-state index contributed by atoms with van der Waals surface area (Å²) in [6.07, 6.45) is 2.50. The van der Waals surface area contributed by atoms with Crippen LogP contribution in [-0.2, 0) is 6.42 Å². The molecule has 0 aliphatic rings. The third-order valence-corrected chi connectivity index (χ3v) is 3.66. The van der Waals surface area contributed by atoms with Crippen molar-refractivity contribution in [2.24, 2.45) is 0 Å². The molecular formula is C15H15N5O4. The van der Waals surface area contributed by atoms with E-state index in [4.69, 9.17) is 0 Å². The van der Waals surface area contributed by atoms with Gasteiger partial charge >= 0.3 is 5.69 Å². The summed E-state index contributed by atoms with van der Waals surface area (Å²) in [6.45, 7) is 2.04. The zero-order chi connectivity index (χ0) is 17.3. The summed E-state index contributed by atoms with van der Waals surface area (Å²) < 4.78 is 1.16. The van der Waals surface area contributed by atoms with Gasteiger partial charge < -0.3 is 4.98 Å². The summed E-state index contributed by atoms with van der Waals surface area (Å²) >= 11 is 0. The highest BCUT2D eigenvalue weighted by molar-refractivity contribution is 5.72. The van der Waals surface area contributed by atoms with Crippen LogP contribution in [0.1, 0.15) is 25.6 Å². The Labute approximate surface area is 135 Å². The Hall–Kier alpha value is -3.23. The van der Waals surface area contributed by atoms with Crippen LogP contribution in [0.25, 0.3) is 16.9 Å². The van der Waals surface area contributed by atoms with Crippen molar-refractivity contribution in [1.29, 1.82) is 0 Å². The maximum absolute atomic E-state index is 12.2. The monoisotopic (exact) mass is 329 g/mol. The summed E-state index contributed by atoms with van der Waals surface area (Å²) in [5.74, 6) is 0.599. The van der Waals surface area contributed by atoms with Crippen LogP contribution >= 0.6 is 0 Å². The highest BCUT2D eigenvalue weighted by Gasteiger charge is 2.16. The highest BCUT2D eigenvalue weighted by atomic mass is 16.6. The number of aromatic amines is 2. The van der Waals surface area contributed by atoms with Gasteiger partial charge in [-0.3, -0.25) is 19.9 Å². The molecular weight excluding hydrogens is 314 g/mol. The van der Waals surface area contributed by atoms with E-state index in [1.165, 1.54) is 18.2 Å². The van der Waals surface area contributed by atoms with Crippen LogP contribution in [-0.4, -0.2) is 24.4 Å². The van der Waals surface area contributed by atoms with Gasteiger partial charge in [0.15, 0.2) is 5.65 Å². The van der Waals surface area contributed by atoms with E-state index < -0.39 is 16.2 Å². The molecule has 0 saturated heterocycles. The van der Waals surface area contributed by atoms with Crippen molar-refractivity contribution >= 4 is 16.9 Å². The summed E-state index contributed by atoms with van der Waals surface area (Å²) in [5, 5.41) is 10.9. The Balaban J connectivity index is 2.25. The topological polar surface area (TPSA) is 127 Å². The Bertz CT molecular complexity index is 1030. The minimum atomic E-state index is -0.693. The summed E-state index contributed by atoms with van der Waals surface area (Å²) in [4.78, 5) is 44.1. The lowest BCUT2D eigenvalue weighted by Crippen LogP contribution is -2.29. The standard InChI is InChI=1S/C15H15N5O4/c1-2-3-7-11-16-12-13(17-11)19(15(22)18-14(12)21)9-5-4-6-10(8-9)20(23)24/h4-6,8H,2-3,7H2,1H3,(H,16,17)(H,18,21,22). The second-order valence-electron chi connectivity index (χ2n) is 5.36. The fourth-order valence-electron chi connectivity index (χ4n) is 2.49. The van der Waals surface area contributed by atoms with Gasteiger partial charge in [0.1, 0.15) is 11.3 Å². The van der Waals surface area contributed by atoms with Crippen molar-refractivity contribution in [3.8, 4) is 5.69 Å². The second-order valence-corrected chi connectivity index (χ2v) is 5.36. The lowest BCUT2D eigenvalue weighted by Gasteiger charge is -2.05. The summed E-state index contributed by atoms with van der Waals surface area (Å²) in [5.41, 5.74) is -0.805. The molecule has 0 radical (unpaired) electrons. The fourth-order valence-corrected chi connectivity index (χ4v) is 2.49. The first-order valence-electron chi connectivity index (χ1n) is 7.50. The molecule has 0 fully saturated rings. The van der Waals surface area contributed by atoms with Gasteiger partial charge in [0, 0.05) is 18.6 Å². The first-order valence-corrected chi connectivity index (χ1v) is 7.50. The minimum absolute atomic E-state index is 0.152. The second kappa shape index (κ2) is 6.11. The van der Waals surface area contributed by atoms with E-state index in [0.29, 0.717) is 12.2 Å². The number of benzene rings is 1. The largest absolute Gasteiger partial charge is 0.336 e. The molecule has 2 heterocycles. The smallest absolute Gasteiger partial charge is 0.334 e. The molecule has 0 saturated carbocycles. The number of aryl methyl sites for hydroxylation is 1. The lowest BCUT2D eigenvalue weighted by molar-refractivity contribution is -0.384. The molecule has 0 unspecified atom stereocenters. The SMILES string of the molecule is CCCCc1nc2c([nH]1)c(=O)[nH]c(=O)n2-c1cccc([N+](=O)[O-])c1. The van der Waals surface area contributed by atoms with Crippen LogP contribution in [0.4, 0.5) is 5.69 Å². The number of aromatic nitrogens is 4. The van der Waals surface area contributed by atoms with Crippen LogP contribution in [0.5, 0.6) is 0 Å². The number of non-ortho nitro benzene ring substituents is 1. The van der Waals surface area contributed by atoms with Crippen LogP contribution in [0.3, 0.4) is 0 Å². The van der Waals surface area contributed by atoms with Crippen LogP contribution in [0.2, 0.25) is 0 Å². The molecule has 124 valence electrons. The van der Waals surface area contributed by atoms with E-state index in [9.17, 15) is 19.7 Å². The van der Waals surface area contributed by atoms with E-state index in [0.717, 1.165) is 17.4 Å². The third-order valence-electron chi connectivity index (χ3n) is 3.66. The Morgan fingerprint density at radius 3 is 2.79 bits per heavy atom. The predicted octanol–water partition coefficient (Wildman–Crippen LogP) is 1.65. The van der Waals surface area contributed by atoms with E-state index in [-0.39, 0.29) is 22.5 Å². The van der Waals surface area contributed by atoms with Crippen molar-refractivity contribution in [3.63, 3.8) is 0 Å². The number of nitrogens with one attached hydrogen (secondary N) is 2. The average molecular weight is 329 g/mol. The number of H-pyrrole nitrogens is 2. The molecule has 0 atom stereocenters. The van der Waals surface area contributed by atoms with Gasteiger partial charge in [-0.25, -0.2) is 14.3 Å². The molecule has 24 heavy (non-hydrogen) atoms. The maximum Gasteiger partial charge on any atom is 0.334 e. The van der Waals surface area contributed by atoms with Gasteiger partial charge in [-0.2, -0.15) is 0 Å². The molecule has 1 aromatic carbocycles. The molecule has 0 spiro atoms. The number of unbranched alkanes of at least 4 members (excludes halogenated alkanes) is 1. The van der Waals surface area contributed by atoms with Gasteiger partial charge in [-0.05, 0) is 12.5 Å². The van der Waals surface area contributed by atoms with Crippen LogP contribution in [0, 0.1) is 10.1 Å². The third kappa shape index (κ3) is 2.71. The molecule has 9 heteroatoms. The van der Waals surface area contributed by atoms with Gasteiger partial charge in [0.2, 0.25) is 0 Å². The Kier molecular flexibility index (Phi) is 3.98.